The highest BCUT2D eigenvalue weighted by Crippen LogP contribution is 2.40. The van der Waals surface area contributed by atoms with Gasteiger partial charge >= 0.3 is 0 Å². The molecule has 0 aliphatic carbocycles. The van der Waals surface area contributed by atoms with Crippen molar-refractivity contribution in [1.29, 1.82) is 0 Å². The van der Waals surface area contributed by atoms with Crippen molar-refractivity contribution in [2.45, 2.75) is 5.92 Å². The van der Waals surface area contributed by atoms with Crippen molar-refractivity contribution < 1.29 is 0 Å². The largest absolute Gasteiger partial charge is 0.384 e. The van der Waals surface area contributed by atoms with Crippen LogP contribution in [-0.2, 0) is 0 Å². The van der Waals surface area contributed by atoms with Crippen molar-refractivity contribution in [2.75, 3.05) is 25.0 Å². The Balaban J connectivity index is 2.04. The van der Waals surface area contributed by atoms with Gasteiger partial charge < -0.3 is 10.6 Å². The average Bonchev–Trinajstić information content (AvgIpc) is 2.71. The molecule has 1 aromatic rings. The average molecular weight is 180 g/mol. The summed E-state index contributed by atoms with van der Waals surface area (Å²) in [5.41, 5.74) is 1.38. The van der Waals surface area contributed by atoms with Crippen LogP contribution in [0.3, 0.4) is 0 Å². The zero-order chi connectivity index (χ0) is 7.97. The fraction of sp³-hybridized carbons (Fsp3) is 0.556. The SMILES string of the molecule is c1cc2c(s1)[C@H]1CNC[C@@H]1CN2. The molecule has 2 N–H and O–H groups in total. The van der Waals surface area contributed by atoms with Gasteiger partial charge in [-0.25, -0.2) is 0 Å². The lowest BCUT2D eigenvalue weighted by atomic mass is 9.91. The summed E-state index contributed by atoms with van der Waals surface area (Å²) in [6, 6.07) is 2.20. The fourth-order valence-corrected chi connectivity index (χ4v) is 3.32. The fourth-order valence-electron chi connectivity index (χ4n) is 2.25. The van der Waals surface area contributed by atoms with Gasteiger partial charge in [0.2, 0.25) is 0 Å². The quantitative estimate of drug-likeness (QED) is 0.632. The monoisotopic (exact) mass is 180 g/mol. The maximum atomic E-state index is 3.48. The summed E-state index contributed by atoms with van der Waals surface area (Å²) in [5, 5.41) is 9.14. The predicted molar refractivity (Wildman–Crippen MR) is 51.9 cm³/mol. The molecule has 12 heavy (non-hydrogen) atoms. The molecule has 0 amide bonds. The van der Waals surface area contributed by atoms with Crippen LogP contribution >= 0.6 is 11.3 Å². The van der Waals surface area contributed by atoms with Crippen molar-refractivity contribution in [3.63, 3.8) is 0 Å². The van der Waals surface area contributed by atoms with Crippen molar-refractivity contribution in [1.82, 2.24) is 5.32 Å². The summed E-state index contributed by atoms with van der Waals surface area (Å²) in [6.45, 7) is 3.52. The van der Waals surface area contributed by atoms with E-state index in [1.165, 1.54) is 18.8 Å². The third-order valence-electron chi connectivity index (χ3n) is 2.93. The summed E-state index contributed by atoms with van der Waals surface area (Å²) < 4.78 is 0. The minimum atomic E-state index is 0.793. The molecule has 2 nitrogen and oxygen atoms in total. The first-order chi connectivity index (χ1) is 5.95. The molecule has 2 aliphatic rings. The van der Waals surface area contributed by atoms with E-state index in [-0.39, 0.29) is 0 Å². The summed E-state index contributed by atoms with van der Waals surface area (Å²) in [6.07, 6.45) is 0. The Morgan fingerprint density at radius 3 is 3.33 bits per heavy atom. The molecule has 0 aromatic carbocycles. The molecule has 1 fully saturated rings. The Morgan fingerprint density at radius 2 is 2.33 bits per heavy atom. The number of fused-ring (bicyclic) bond motifs is 3. The molecule has 3 heterocycles. The maximum absolute atomic E-state index is 3.48. The topological polar surface area (TPSA) is 24.1 Å². The summed E-state index contributed by atoms with van der Waals surface area (Å²) in [4.78, 5) is 1.57. The van der Waals surface area contributed by atoms with Gasteiger partial charge in [0.15, 0.2) is 0 Å². The highest BCUT2D eigenvalue weighted by molar-refractivity contribution is 7.10. The van der Waals surface area contributed by atoms with E-state index in [2.05, 4.69) is 22.1 Å². The van der Waals surface area contributed by atoms with Gasteiger partial charge in [-0.3, -0.25) is 0 Å². The van der Waals surface area contributed by atoms with Gasteiger partial charge in [0.05, 0.1) is 0 Å². The molecule has 64 valence electrons. The van der Waals surface area contributed by atoms with Crippen LogP contribution in [0.5, 0.6) is 0 Å². The van der Waals surface area contributed by atoms with Gasteiger partial charge in [0.25, 0.3) is 0 Å². The number of anilines is 1. The second-order valence-electron chi connectivity index (χ2n) is 3.60. The normalized spacial score (nSPS) is 32.3. The molecule has 0 bridgehead atoms. The van der Waals surface area contributed by atoms with Gasteiger partial charge in [-0.2, -0.15) is 0 Å². The van der Waals surface area contributed by atoms with E-state index in [0.29, 0.717) is 0 Å². The molecule has 0 radical (unpaired) electrons. The van der Waals surface area contributed by atoms with E-state index in [9.17, 15) is 0 Å². The first-order valence-electron chi connectivity index (χ1n) is 4.47. The lowest BCUT2D eigenvalue weighted by Crippen LogP contribution is -2.25. The summed E-state index contributed by atoms with van der Waals surface area (Å²) >= 11 is 1.90. The van der Waals surface area contributed by atoms with Crippen molar-refractivity contribution in [3.05, 3.63) is 16.3 Å². The van der Waals surface area contributed by atoms with E-state index in [0.717, 1.165) is 18.4 Å². The van der Waals surface area contributed by atoms with E-state index in [1.54, 1.807) is 4.88 Å². The molecule has 2 atom stereocenters. The van der Waals surface area contributed by atoms with Crippen LogP contribution in [0, 0.1) is 5.92 Å². The maximum Gasteiger partial charge on any atom is 0.0485 e. The van der Waals surface area contributed by atoms with Crippen LogP contribution in [0.1, 0.15) is 10.8 Å². The molecular formula is C9H12N2S. The second kappa shape index (κ2) is 2.47. The number of hydrogen-bond donors (Lipinski definition) is 2. The lowest BCUT2D eigenvalue weighted by molar-refractivity contribution is 0.537. The second-order valence-corrected chi connectivity index (χ2v) is 4.55. The van der Waals surface area contributed by atoms with Crippen LogP contribution in [0.25, 0.3) is 0 Å². The van der Waals surface area contributed by atoms with Crippen LogP contribution in [0.4, 0.5) is 5.69 Å². The van der Waals surface area contributed by atoms with Gasteiger partial charge in [-0.15, -0.1) is 11.3 Å². The van der Waals surface area contributed by atoms with E-state index >= 15 is 0 Å². The van der Waals surface area contributed by atoms with E-state index in [4.69, 9.17) is 0 Å². The molecule has 0 saturated carbocycles. The molecule has 2 aliphatic heterocycles. The number of hydrogen-bond acceptors (Lipinski definition) is 3. The van der Waals surface area contributed by atoms with E-state index in [1.807, 2.05) is 11.3 Å². The van der Waals surface area contributed by atoms with Crippen LogP contribution in [0.15, 0.2) is 11.4 Å². The Kier molecular flexibility index (Phi) is 1.43. The van der Waals surface area contributed by atoms with Crippen molar-refractivity contribution in [3.8, 4) is 0 Å². The summed E-state index contributed by atoms with van der Waals surface area (Å²) in [7, 11) is 0. The Morgan fingerprint density at radius 1 is 1.33 bits per heavy atom. The lowest BCUT2D eigenvalue weighted by Gasteiger charge is -2.25. The van der Waals surface area contributed by atoms with Crippen molar-refractivity contribution >= 4 is 17.0 Å². The predicted octanol–water partition coefficient (Wildman–Crippen LogP) is 1.48. The van der Waals surface area contributed by atoms with Crippen LogP contribution in [0.2, 0.25) is 0 Å². The Hall–Kier alpha value is -0.540. The van der Waals surface area contributed by atoms with Gasteiger partial charge in [-0.1, -0.05) is 0 Å². The minimum absolute atomic E-state index is 0.793. The molecule has 0 unspecified atom stereocenters. The third kappa shape index (κ3) is 0.836. The number of nitrogens with one attached hydrogen (secondary N) is 2. The first kappa shape index (κ1) is 6.92. The van der Waals surface area contributed by atoms with Crippen LogP contribution in [-0.4, -0.2) is 19.6 Å². The smallest absolute Gasteiger partial charge is 0.0485 e. The molecule has 0 spiro atoms. The van der Waals surface area contributed by atoms with E-state index < -0.39 is 0 Å². The first-order valence-corrected chi connectivity index (χ1v) is 5.35. The minimum Gasteiger partial charge on any atom is -0.384 e. The van der Waals surface area contributed by atoms with Crippen molar-refractivity contribution in [2.24, 2.45) is 5.92 Å². The summed E-state index contributed by atoms with van der Waals surface area (Å²) in [5.74, 6) is 1.62. The number of thiophene rings is 1. The Labute approximate surface area is 76.0 Å². The van der Waals surface area contributed by atoms with Gasteiger partial charge in [0, 0.05) is 36.1 Å². The van der Waals surface area contributed by atoms with Gasteiger partial charge in [0.1, 0.15) is 0 Å². The standard InChI is InChI=1S/C9H12N2S/c1-2-12-9-7-5-10-3-6(7)4-11-8(1)9/h1-2,6-7,10-11H,3-5H2/t6-,7+/m1/s1. The highest BCUT2D eigenvalue weighted by Gasteiger charge is 2.33. The number of rotatable bonds is 0. The molecular weight excluding hydrogens is 168 g/mol. The third-order valence-corrected chi connectivity index (χ3v) is 3.98. The zero-order valence-electron chi connectivity index (χ0n) is 6.84. The molecule has 3 heteroatoms. The molecule has 1 aromatic heterocycles. The van der Waals surface area contributed by atoms with Crippen LogP contribution < -0.4 is 10.6 Å². The van der Waals surface area contributed by atoms with Gasteiger partial charge in [-0.05, 0) is 17.4 Å². The zero-order valence-corrected chi connectivity index (χ0v) is 7.66. The molecule has 1 saturated heterocycles. The molecule has 3 rings (SSSR count). The Bertz CT molecular complexity index is 294. The highest BCUT2D eigenvalue weighted by atomic mass is 32.1.